The Kier molecular flexibility index (Phi) is 9.84. The van der Waals surface area contributed by atoms with E-state index in [4.69, 9.17) is 4.74 Å². The lowest BCUT2D eigenvalue weighted by molar-refractivity contribution is 0.0667. The van der Waals surface area contributed by atoms with Crippen LogP contribution in [0.25, 0.3) is 0 Å². The Morgan fingerprint density at radius 2 is 1.63 bits per heavy atom. The van der Waals surface area contributed by atoms with Crippen molar-refractivity contribution in [1.29, 1.82) is 0 Å². The molecule has 0 amide bonds. The Morgan fingerprint density at radius 3 is 2.26 bits per heavy atom. The predicted octanol–water partition coefficient (Wildman–Crippen LogP) is 6.26. The van der Waals surface area contributed by atoms with Gasteiger partial charge in [0.1, 0.15) is 0 Å². The minimum atomic E-state index is 0.170. The SMILES string of the molecule is CCCCCCCCOC(CBr)c1ccc(Br)cc1. The first-order valence-corrected chi connectivity index (χ1v) is 9.12. The minimum Gasteiger partial charge on any atom is -0.373 e. The van der Waals surface area contributed by atoms with Crippen LogP contribution in [0.1, 0.15) is 57.1 Å². The lowest BCUT2D eigenvalue weighted by atomic mass is 10.1. The number of hydrogen-bond acceptors (Lipinski definition) is 1. The Morgan fingerprint density at radius 1 is 1.00 bits per heavy atom. The van der Waals surface area contributed by atoms with Crippen LogP contribution in [0.5, 0.6) is 0 Å². The van der Waals surface area contributed by atoms with Gasteiger partial charge in [-0.2, -0.15) is 0 Å². The fourth-order valence-electron chi connectivity index (χ4n) is 2.02. The van der Waals surface area contributed by atoms with Crippen molar-refractivity contribution in [2.24, 2.45) is 0 Å². The van der Waals surface area contributed by atoms with Crippen molar-refractivity contribution in [2.75, 3.05) is 11.9 Å². The molecule has 1 aromatic carbocycles. The van der Waals surface area contributed by atoms with Crippen LogP contribution in [0, 0.1) is 0 Å². The zero-order valence-electron chi connectivity index (χ0n) is 11.7. The van der Waals surface area contributed by atoms with Gasteiger partial charge in [0.2, 0.25) is 0 Å². The quantitative estimate of drug-likeness (QED) is 0.337. The monoisotopic (exact) mass is 390 g/mol. The van der Waals surface area contributed by atoms with Gasteiger partial charge in [0.15, 0.2) is 0 Å². The van der Waals surface area contributed by atoms with Crippen molar-refractivity contribution in [1.82, 2.24) is 0 Å². The molecule has 0 saturated heterocycles. The number of rotatable bonds is 10. The van der Waals surface area contributed by atoms with Crippen molar-refractivity contribution in [2.45, 2.75) is 51.6 Å². The highest BCUT2D eigenvalue weighted by molar-refractivity contribution is 9.10. The van der Waals surface area contributed by atoms with Crippen LogP contribution in [0.4, 0.5) is 0 Å². The summed E-state index contributed by atoms with van der Waals surface area (Å²) in [6, 6.07) is 8.38. The summed E-state index contributed by atoms with van der Waals surface area (Å²) in [6.45, 7) is 3.11. The zero-order valence-corrected chi connectivity index (χ0v) is 14.9. The predicted molar refractivity (Wildman–Crippen MR) is 90.0 cm³/mol. The second kappa shape index (κ2) is 10.9. The van der Waals surface area contributed by atoms with Crippen LogP contribution >= 0.6 is 31.9 Å². The minimum absolute atomic E-state index is 0.170. The molecule has 0 bridgehead atoms. The third-order valence-corrected chi connectivity index (χ3v) is 4.32. The molecule has 0 aliphatic carbocycles. The summed E-state index contributed by atoms with van der Waals surface area (Å²) in [4.78, 5) is 0. The molecule has 1 nitrogen and oxygen atoms in total. The van der Waals surface area contributed by atoms with E-state index < -0.39 is 0 Å². The molecule has 0 radical (unpaired) electrons. The molecule has 0 aliphatic heterocycles. The maximum Gasteiger partial charge on any atom is 0.0921 e. The van der Waals surface area contributed by atoms with Crippen molar-refractivity contribution in [3.8, 4) is 0 Å². The molecule has 1 unspecified atom stereocenters. The highest BCUT2D eigenvalue weighted by Gasteiger charge is 2.09. The lowest BCUT2D eigenvalue weighted by Gasteiger charge is -2.16. The van der Waals surface area contributed by atoms with Gasteiger partial charge in [-0.15, -0.1) is 0 Å². The number of alkyl halides is 1. The fourth-order valence-corrected chi connectivity index (χ4v) is 2.84. The fraction of sp³-hybridized carbons (Fsp3) is 0.625. The molecule has 0 saturated carbocycles. The molecule has 1 atom stereocenters. The van der Waals surface area contributed by atoms with E-state index in [0.717, 1.165) is 16.4 Å². The zero-order chi connectivity index (χ0) is 13.9. The van der Waals surface area contributed by atoms with Gasteiger partial charge in [-0.3, -0.25) is 0 Å². The van der Waals surface area contributed by atoms with Gasteiger partial charge in [0.05, 0.1) is 6.10 Å². The van der Waals surface area contributed by atoms with E-state index in [1.54, 1.807) is 0 Å². The first-order valence-electron chi connectivity index (χ1n) is 7.21. The van der Waals surface area contributed by atoms with Crippen molar-refractivity contribution >= 4 is 31.9 Å². The topological polar surface area (TPSA) is 9.23 Å². The molecule has 108 valence electrons. The second-order valence-corrected chi connectivity index (χ2v) is 6.40. The Bertz CT molecular complexity index is 324. The van der Waals surface area contributed by atoms with Crippen LogP contribution in [-0.2, 0) is 4.74 Å². The third kappa shape index (κ3) is 7.48. The van der Waals surface area contributed by atoms with Crippen molar-refractivity contribution < 1.29 is 4.74 Å². The molecule has 0 heterocycles. The normalized spacial score (nSPS) is 12.6. The van der Waals surface area contributed by atoms with E-state index in [0.29, 0.717) is 0 Å². The van der Waals surface area contributed by atoms with E-state index in [-0.39, 0.29) is 6.10 Å². The maximum absolute atomic E-state index is 5.96. The van der Waals surface area contributed by atoms with Gasteiger partial charge in [-0.1, -0.05) is 83.0 Å². The van der Waals surface area contributed by atoms with E-state index >= 15 is 0 Å². The Hall–Kier alpha value is 0.140. The van der Waals surface area contributed by atoms with Crippen LogP contribution in [-0.4, -0.2) is 11.9 Å². The Labute approximate surface area is 134 Å². The number of benzene rings is 1. The van der Waals surface area contributed by atoms with E-state index in [9.17, 15) is 0 Å². The average Bonchev–Trinajstić information content (AvgIpc) is 2.43. The molecule has 3 heteroatoms. The van der Waals surface area contributed by atoms with Gasteiger partial charge in [-0.05, 0) is 24.1 Å². The first-order chi connectivity index (χ1) is 9.27. The molecule has 19 heavy (non-hydrogen) atoms. The molecule has 0 aliphatic rings. The molecule has 1 aromatic rings. The van der Waals surface area contributed by atoms with Gasteiger partial charge in [0.25, 0.3) is 0 Å². The van der Waals surface area contributed by atoms with Crippen LogP contribution in [0.3, 0.4) is 0 Å². The summed E-state index contributed by atoms with van der Waals surface area (Å²) < 4.78 is 7.07. The smallest absolute Gasteiger partial charge is 0.0921 e. The van der Waals surface area contributed by atoms with Gasteiger partial charge in [-0.25, -0.2) is 0 Å². The third-order valence-electron chi connectivity index (χ3n) is 3.20. The maximum atomic E-state index is 5.96. The number of ether oxygens (including phenoxy) is 1. The molecular formula is C16H24Br2O. The Balaban J connectivity index is 2.20. The summed E-state index contributed by atoms with van der Waals surface area (Å²) in [5.41, 5.74) is 1.24. The first kappa shape index (κ1) is 17.2. The van der Waals surface area contributed by atoms with Crippen molar-refractivity contribution in [3.63, 3.8) is 0 Å². The molecule has 0 aromatic heterocycles. The molecule has 0 spiro atoms. The highest BCUT2D eigenvalue weighted by Crippen LogP contribution is 2.22. The summed E-state index contributed by atoms with van der Waals surface area (Å²) in [5, 5.41) is 0.852. The van der Waals surface area contributed by atoms with Gasteiger partial charge < -0.3 is 4.74 Å². The summed E-state index contributed by atoms with van der Waals surface area (Å²) in [6.07, 6.45) is 8.01. The van der Waals surface area contributed by atoms with Gasteiger partial charge >= 0.3 is 0 Å². The van der Waals surface area contributed by atoms with Crippen LogP contribution in [0.2, 0.25) is 0 Å². The highest BCUT2D eigenvalue weighted by atomic mass is 79.9. The van der Waals surface area contributed by atoms with Crippen LogP contribution < -0.4 is 0 Å². The summed E-state index contributed by atoms with van der Waals surface area (Å²) >= 11 is 7.00. The van der Waals surface area contributed by atoms with E-state index in [1.807, 2.05) is 0 Å². The lowest BCUT2D eigenvalue weighted by Crippen LogP contribution is -2.07. The molecule has 0 N–H and O–H groups in total. The number of unbranched alkanes of at least 4 members (excludes halogenated alkanes) is 5. The van der Waals surface area contributed by atoms with E-state index in [2.05, 4.69) is 63.0 Å². The number of hydrogen-bond donors (Lipinski definition) is 0. The average molecular weight is 392 g/mol. The van der Waals surface area contributed by atoms with Crippen molar-refractivity contribution in [3.05, 3.63) is 34.3 Å². The summed E-state index contributed by atoms with van der Waals surface area (Å²) in [5.74, 6) is 0. The molecular weight excluding hydrogens is 368 g/mol. The summed E-state index contributed by atoms with van der Waals surface area (Å²) in [7, 11) is 0. The molecule has 1 rings (SSSR count). The standard InChI is InChI=1S/C16H24Br2O/c1-2-3-4-5-6-7-12-19-16(13-17)14-8-10-15(18)11-9-14/h8-11,16H,2-7,12-13H2,1H3. The van der Waals surface area contributed by atoms with E-state index in [1.165, 1.54) is 44.1 Å². The molecule has 0 fully saturated rings. The number of halogens is 2. The second-order valence-electron chi connectivity index (χ2n) is 4.83. The van der Waals surface area contributed by atoms with Gasteiger partial charge in [0, 0.05) is 16.4 Å². The largest absolute Gasteiger partial charge is 0.373 e. The van der Waals surface area contributed by atoms with Crippen LogP contribution in [0.15, 0.2) is 28.7 Å².